The molecule has 0 saturated heterocycles. The zero-order valence-corrected chi connectivity index (χ0v) is 7.20. The molecule has 0 amide bonds. The van der Waals surface area contributed by atoms with Gasteiger partial charge in [0.25, 0.3) is 0 Å². The normalized spacial score (nSPS) is 14.8. The molecule has 0 heterocycles. The SMILES string of the molecule is CC=C(C=C(C)OC)C(F)(F)F. The molecule has 0 unspecified atom stereocenters. The van der Waals surface area contributed by atoms with Crippen molar-refractivity contribution in [2.75, 3.05) is 7.11 Å². The van der Waals surface area contributed by atoms with Crippen LogP contribution in [0.3, 0.4) is 0 Å². The monoisotopic (exact) mass is 180 g/mol. The van der Waals surface area contributed by atoms with Crippen molar-refractivity contribution in [2.45, 2.75) is 20.0 Å². The van der Waals surface area contributed by atoms with Gasteiger partial charge in [-0.15, -0.1) is 0 Å². The number of halogens is 3. The Morgan fingerprint density at radius 1 is 1.33 bits per heavy atom. The largest absolute Gasteiger partial charge is 0.501 e. The Balaban J connectivity index is 4.63. The summed E-state index contributed by atoms with van der Waals surface area (Å²) in [5, 5.41) is 0. The van der Waals surface area contributed by atoms with Crippen LogP contribution < -0.4 is 0 Å². The Morgan fingerprint density at radius 3 is 2.08 bits per heavy atom. The molecule has 70 valence electrons. The first-order valence-electron chi connectivity index (χ1n) is 3.37. The van der Waals surface area contributed by atoms with Gasteiger partial charge in [0.15, 0.2) is 0 Å². The third-order valence-electron chi connectivity index (χ3n) is 1.32. The number of ether oxygens (including phenoxy) is 1. The molecule has 0 aliphatic rings. The van der Waals surface area contributed by atoms with Crippen LogP contribution in [0.25, 0.3) is 0 Å². The second-order valence-corrected chi connectivity index (χ2v) is 2.20. The van der Waals surface area contributed by atoms with Gasteiger partial charge in [-0.1, -0.05) is 6.08 Å². The topological polar surface area (TPSA) is 9.23 Å². The van der Waals surface area contributed by atoms with Gasteiger partial charge in [0.2, 0.25) is 0 Å². The lowest BCUT2D eigenvalue weighted by atomic mass is 10.2. The zero-order chi connectivity index (χ0) is 9.78. The Bertz CT molecular complexity index is 201. The van der Waals surface area contributed by atoms with Gasteiger partial charge in [-0.05, 0) is 19.9 Å². The van der Waals surface area contributed by atoms with Gasteiger partial charge in [-0.3, -0.25) is 0 Å². The lowest BCUT2D eigenvalue weighted by molar-refractivity contribution is -0.0885. The number of hydrogen-bond acceptors (Lipinski definition) is 1. The highest BCUT2D eigenvalue weighted by atomic mass is 19.4. The highest BCUT2D eigenvalue weighted by Gasteiger charge is 2.31. The van der Waals surface area contributed by atoms with Crippen molar-refractivity contribution in [3.63, 3.8) is 0 Å². The molecule has 0 rings (SSSR count). The lowest BCUT2D eigenvalue weighted by Crippen LogP contribution is -2.10. The molecule has 0 aliphatic carbocycles. The van der Waals surface area contributed by atoms with Crippen LogP contribution in [0, 0.1) is 0 Å². The first kappa shape index (κ1) is 11.1. The standard InChI is InChI=1S/C8H11F3O/c1-4-7(8(9,10)11)5-6(2)12-3/h4-5H,1-3H3. The van der Waals surface area contributed by atoms with Crippen molar-refractivity contribution in [1.82, 2.24) is 0 Å². The van der Waals surface area contributed by atoms with Crippen molar-refractivity contribution in [2.24, 2.45) is 0 Å². The van der Waals surface area contributed by atoms with Crippen LogP contribution >= 0.6 is 0 Å². The second kappa shape index (κ2) is 4.18. The molecule has 0 N–H and O–H groups in total. The summed E-state index contributed by atoms with van der Waals surface area (Å²) in [4.78, 5) is 0. The Kier molecular flexibility index (Phi) is 3.86. The number of methoxy groups -OCH3 is 1. The summed E-state index contributed by atoms with van der Waals surface area (Å²) < 4.78 is 40.7. The molecular weight excluding hydrogens is 169 g/mol. The van der Waals surface area contributed by atoms with E-state index in [1.807, 2.05) is 0 Å². The Morgan fingerprint density at radius 2 is 1.83 bits per heavy atom. The third kappa shape index (κ3) is 3.46. The van der Waals surface area contributed by atoms with E-state index in [9.17, 15) is 13.2 Å². The van der Waals surface area contributed by atoms with Crippen LogP contribution in [0.15, 0.2) is 23.5 Å². The number of rotatable bonds is 2. The average Bonchev–Trinajstić information content (AvgIpc) is 1.97. The van der Waals surface area contributed by atoms with Crippen molar-refractivity contribution in [3.8, 4) is 0 Å². The van der Waals surface area contributed by atoms with Gasteiger partial charge in [0, 0.05) is 0 Å². The second-order valence-electron chi connectivity index (χ2n) is 2.20. The summed E-state index contributed by atoms with van der Waals surface area (Å²) in [6.07, 6.45) is -2.34. The molecule has 0 fully saturated rings. The summed E-state index contributed by atoms with van der Waals surface area (Å²) in [6, 6.07) is 0. The lowest BCUT2D eigenvalue weighted by Gasteiger charge is -2.07. The fourth-order valence-corrected chi connectivity index (χ4v) is 0.607. The predicted octanol–water partition coefficient (Wildman–Crippen LogP) is 3.05. The molecule has 4 heteroatoms. The number of hydrogen-bond donors (Lipinski definition) is 0. The highest BCUT2D eigenvalue weighted by Crippen LogP contribution is 2.27. The van der Waals surface area contributed by atoms with E-state index in [0.29, 0.717) is 0 Å². The summed E-state index contributed by atoms with van der Waals surface area (Å²) in [7, 11) is 1.33. The van der Waals surface area contributed by atoms with Crippen LogP contribution in [0.2, 0.25) is 0 Å². The van der Waals surface area contributed by atoms with E-state index in [-0.39, 0.29) is 5.76 Å². The van der Waals surface area contributed by atoms with Gasteiger partial charge >= 0.3 is 6.18 Å². The van der Waals surface area contributed by atoms with Crippen LogP contribution in [0.5, 0.6) is 0 Å². The maximum atomic E-state index is 12.0. The molecule has 0 bridgehead atoms. The van der Waals surface area contributed by atoms with Crippen molar-refractivity contribution < 1.29 is 17.9 Å². The van der Waals surface area contributed by atoms with E-state index in [1.165, 1.54) is 21.0 Å². The maximum absolute atomic E-state index is 12.0. The molecule has 0 aromatic carbocycles. The summed E-state index contributed by atoms with van der Waals surface area (Å²) in [6.45, 7) is 2.80. The molecule has 0 aromatic rings. The van der Waals surface area contributed by atoms with Crippen molar-refractivity contribution in [1.29, 1.82) is 0 Å². The molecule has 0 saturated carbocycles. The van der Waals surface area contributed by atoms with Crippen molar-refractivity contribution >= 4 is 0 Å². The third-order valence-corrected chi connectivity index (χ3v) is 1.32. The van der Waals surface area contributed by atoms with E-state index in [4.69, 9.17) is 0 Å². The fourth-order valence-electron chi connectivity index (χ4n) is 0.607. The van der Waals surface area contributed by atoms with Crippen LogP contribution in [-0.2, 0) is 4.74 Å². The van der Waals surface area contributed by atoms with Gasteiger partial charge in [-0.2, -0.15) is 13.2 Å². The van der Waals surface area contributed by atoms with Crippen molar-refractivity contribution in [3.05, 3.63) is 23.5 Å². The first-order chi connectivity index (χ1) is 5.41. The molecule has 0 aromatic heterocycles. The predicted molar refractivity (Wildman–Crippen MR) is 40.6 cm³/mol. The van der Waals surface area contributed by atoms with Gasteiger partial charge in [0.05, 0.1) is 18.4 Å². The van der Waals surface area contributed by atoms with Gasteiger partial charge in [-0.25, -0.2) is 0 Å². The minimum Gasteiger partial charge on any atom is -0.501 e. The molecule has 0 radical (unpaired) electrons. The minimum absolute atomic E-state index is 0.237. The maximum Gasteiger partial charge on any atom is 0.416 e. The smallest absolute Gasteiger partial charge is 0.416 e. The summed E-state index contributed by atoms with van der Waals surface area (Å²) in [5.41, 5.74) is -0.693. The van der Waals surface area contributed by atoms with E-state index in [1.54, 1.807) is 0 Å². The van der Waals surface area contributed by atoms with Crippen LogP contribution in [-0.4, -0.2) is 13.3 Å². The van der Waals surface area contributed by atoms with E-state index >= 15 is 0 Å². The summed E-state index contributed by atoms with van der Waals surface area (Å²) >= 11 is 0. The summed E-state index contributed by atoms with van der Waals surface area (Å²) in [5.74, 6) is 0.237. The molecule has 12 heavy (non-hydrogen) atoms. The quantitative estimate of drug-likeness (QED) is 0.468. The Labute approximate surface area is 69.5 Å². The van der Waals surface area contributed by atoms with E-state index < -0.39 is 11.7 Å². The first-order valence-corrected chi connectivity index (χ1v) is 3.37. The molecule has 0 aliphatic heterocycles. The molecule has 0 spiro atoms. The van der Waals surface area contributed by atoms with Crippen LogP contribution in [0.4, 0.5) is 13.2 Å². The van der Waals surface area contributed by atoms with Gasteiger partial charge in [0.1, 0.15) is 0 Å². The van der Waals surface area contributed by atoms with E-state index in [0.717, 1.165) is 12.2 Å². The molecule has 0 atom stereocenters. The minimum atomic E-state index is -4.30. The molecular formula is C8H11F3O. The average molecular weight is 180 g/mol. The molecule has 1 nitrogen and oxygen atoms in total. The zero-order valence-electron chi connectivity index (χ0n) is 7.20. The van der Waals surface area contributed by atoms with Crippen LogP contribution in [0.1, 0.15) is 13.8 Å². The Hall–Kier alpha value is -0.930. The fraction of sp³-hybridized carbons (Fsp3) is 0.500. The van der Waals surface area contributed by atoms with Gasteiger partial charge < -0.3 is 4.74 Å². The number of alkyl halides is 3. The van der Waals surface area contributed by atoms with E-state index in [2.05, 4.69) is 4.74 Å². The number of allylic oxidation sites excluding steroid dienone is 4. The highest BCUT2D eigenvalue weighted by molar-refractivity contribution is 5.24.